The molecule has 0 saturated heterocycles. The molecule has 0 spiro atoms. The first kappa shape index (κ1) is 24.9. The van der Waals surface area contributed by atoms with Crippen molar-refractivity contribution in [2.75, 3.05) is 39.7 Å². The number of carbonyl (C=O) groups is 2. The minimum Gasteiger partial charge on any atom is -0.497 e. The number of benzene rings is 3. The number of hydrogen-bond acceptors (Lipinski definition) is 5. The molecular formula is C28H31N3O5. The van der Waals surface area contributed by atoms with Crippen molar-refractivity contribution < 1.29 is 23.8 Å². The molecule has 8 heteroatoms. The van der Waals surface area contributed by atoms with E-state index in [4.69, 9.17) is 14.2 Å². The largest absolute Gasteiger partial charge is 0.497 e. The fraction of sp³-hybridized carbons (Fsp3) is 0.286. The summed E-state index contributed by atoms with van der Waals surface area (Å²) < 4.78 is 16.3. The first-order valence-corrected chi connectivity index (χ1v) is 11.7. The van der Waals surface area contributed by atoms with Gasteiger partial charge in [0.2, 0.25) is 0 Å². The zero-order valence-electron chi connectivity index (χ0n) is 21.0. The Balaban J connectivity index is 1.63. The standard InChI is InChI=1S/C28H31N3O5/c1-18-7-5-9-21(13-18)30-28(33)31-12-11-19-15-25(35-3)26(36-4)16-23(19)24(31)17-29-27(32)20-8-6-10-22(14-20)34-2/h5-10,13-16,24H,11-12,17H2,1-4H3,(H,29,32)(H,30,33). The molecule has 0 fully saturated rings. The number of amides is 3. The molecule has 3 aromatic carbocycles. The molecule has 2 N–H and O–H groups in total. The first-order chi connectivity index (χ1) is 17.4. The van der Waals surface area contributed by atoms with Gasteiger partial charge in [-0.2, -0.15) is 0 Å². The number of rotatable bonds is 7. The summed E-state index contributed by atoms with van der Waals surface area (Å²) in [6.45, 7) is 2.68. The summed E-state index contributed by atoms with van der Waals surface area (Å²) in [5.41, 5.74) is 4.21. The highest BCUT2D eigenvalue weighted by Gasteiger charge is 2.32. The number of methoxy groups -OCH3 is 3. The summed E-state index contributed by atoms with van der Waals surface area (Å²) in [4.78, 5) is 28.1. The average Bonchev–Trinajstić information content (AvgIpc) is 2.90. The summed E-state index contributed by atoms with van der Waals surface area (Å²) in [5, 5.41) is 6.00. The SMILES string of the molecule is COc1cccc(C(=O)NCC2c3cc(OC)c(OC)cc3CCN2C(=O)Nc2cccc(C)c2)c1. The maximum absolute atomic E-state index is 13.4. The summed E-state index contributed by atoms with van der Waals surface area (Å²) in [7, 11) is 4.73. The summed E-state index contributed by atoms with van der Waals surface area (Å²) in [6, 6.07) is 17.8. The lowest BCUT2D eigenvalue weighted by Gasteiger charge is -2.38. The van der Waals surface area contributed by atoms with Crippen LogP contribution in [-0.2, 0) is 6.42 Å². The molecule has 0 radical (unpaired) electrons. The van der Waals surface area contributed by atoms with Crippen molar-refractivity contribution in [3.8, 4) is 17.2 Å². The molecule has 0 aliphatic carbocycles. The van der Waals surface area contributed by atoms with Gasteiger partial charge in [0, 0.05) is 24.3 Å². The van der Waals surface area contributed by atoms with E-state index >= 15 is 0 Å². The highest BCUT2D eigenvalue weighted by molar-refractivity contribution is 5.95. The Labute approximate surface area is 211 Å². The number of nitrogens with one attached hydrogen (secondary N) is 2. The van der Waals surface area contributed by atoms with Crippen LogP contribution in [0, 0.1) is 6.92 Å². The molecule has 1 aliphatic heterocycles. The summed E-state index contributed by atoms with van der Waals surface area (Å²) >= 11 is 0. The van der Waals surface area contributed by atoms with Crippen LogP contribution in [-0.4, -0.2) is 51.3 Å². The zero-order chi connectivity index (χ0) is 25.7. The van der Waals surface area contributed by atoms with E-state index in [1.165, 1.54) is 0 Å². The average molecular weight is 490 g/mol. The number of hydrogen-bond donors (Lipinski definition) is 2. The molecule has 1 unspecified atom stereocenters. The topological polar surface area (TPSA) is 89.1 Å². The van der Waals surface area contributed by atoms with Crippen LogP contribution in [0.3, 0.4) is 0 Å². The summed E-state index contributed by atoms with van der Waals surface area (Å²) in [6.07, 6.45) is 0.650. The number of anilines is 1. The molecule has 1 aliphatic rings. The second-order valence-corrected chi connectivity index (χ2v) is 8.61. The number of fused-ring (bicyclic) bond motifs is 1. The Hall–Kier alpha value is -4.20. The Kier molecular flexibility index (Phi) is 7.63. The number of nitrogens with zero attached hydrogens (tertiary/aromatic N) is 1. The normalized spacial score (nSPS) is 14.4. The second-order valence-electron chi connectivity index (χ2n) is 8.61. The van der Waals surface area contributed by atoms with E-state index in [0.717, 1.165) is 22.4 Å². The fourth-order valence-electron chi connectivity index (χ4n) is 4.47. The molecule has 4 rings (SSSR count). The van der Waals surface area contributed by atoms with Gasteiger partial charge in [-0.3, -0.25) is 4.79 Å². The van der Waals surface area contributed by atoms with Crippen molar-refractivity contribution in [2.24, 2.45) is 0 Å². The van der Waals surface area contributed by atoms with Crippen LogP contribution in [0.25, 0.3) is 0 Å². The van der Waals surface area contributed by atoms with Gasteiger partial charge in [-0.05, 0) is 72.5 Å². The third kappa shape index (κ3) is 5.38. The first-order valence-electron chi connectivity index (χ1n) is 11.7. The molecule has 188 valence electrons. The van der Waals surface area contributed by atoms with Crippen molar-refractivity contribution >= 4 is 17.6 Å². The van der Waals surface area contributed by atoms with Gasteiger partial charge < -0.3 is 29.7 Å². The van der Waals surface area contributed by atoms with Crippen molar-refractivity contribution in [3.63, 3.8) is 0 Å². The van der Waals surface area contributed by atoms with E-state index in [1.54, 1.807) is 50.5 Å². The molecule has 36 heavy (non-hydrogen) atoms. The molecule has 3 amide bonds. The molecule has 0 aromatic heterocycles. The van der Waals surface area contributed by atoms with Gasteiger partial charge in [0.1, 0.15) is 5.75 Å². The smallest absolute Gasteiger partial charge is 0.322 e. The third-order valence-corrected chi connectivity index (χ3v) is 6.32. The van der Waals surface area contributed by atoms with Gasteiger partial charge >= 0.3 is 6.03 Å². The fourth-order valence-corrected chi connectivity index (χ4v) is 4.47. The molecule has 0 saturated carbocycles. The van der Waals surface area contributed by atoms with Crippen molar-refractivity contribution in [3.05, 3.63) is 82.9 Å². The Morgan fingerprint density at radius 2 is 1.69 bits per heavy atom. The van der Waals surface area contributed by atoms with E-state index in [2.05, 4.69) is 10.6 Å². The Morgan fingerprint density at radius 3 is 2.42 bits per heavy atom. The van der Waals surface area contributed by atoms with Gasteiger partial charge in [-0.1, -0.05) is 18.2 Å². The van der Waals surface area contributed by atoms with E-state index < -0.39 is 6.04 Å². The minimum atomic E-state index is -0.409. The summed E-state index contributed by atoms with van der Waals surface area (Å²) in [5.74, 6) is 1.55. The van der Waals surface area contributed by atoms with Crippen molar-refractivity contribution in [1.29, 1.82) is 0 Å². The van der Waals surface area contributed by atoms with E-state index in [1.807, 2.05) is 43.3 Å². The number of aryl methyl sites for hydroxylation is 1. The van der Waals surface area contributed by atoms with Gasteiger partial charge in [-0.25, -0.2) is 4.79 Å². The van der Waals surface area contributed by atoms with Gasteiger partial charge in [0.15, 0.2) is 11.5 Å². The predicted octanol–water partition coefficient (Wildman–Crippen LogP) is 4.58. The maximum Gasteiger partial charge on any atom is 0.322 e. The van der Waals surface area contributed by atoms with Crippen LogP contribution in [0.4, 0.5) is 10.5 Å². The monoisotopic (exact) mass is 489 g/mol. The Morgan fingerprint density at radius 1 is 0.944 bits per heavy atom. The molecule has 1 atom stereocenters. The molecule has 3 aromatic rings. The van der Waals surface area contributed by atoms with Gasteiger partial charge in [-0.15, -0.1) is 0 Å². The lowest BCUT2D eigenvalue weighted by molar-refractivity contribution is 0.0936. The van der Waals surface area contributed by atoms with Crippen LogP contribution < -0.4 is 24.8 Å². The second kappa shape index (κ2) is 11.0. The lowest BCUT2D eigenvalue weighted by atomic mass is 9.91. The minimum absolute atomic E-state index is 0.222. The van der Waals surface area contributed by atoms with E-state index in [0.29, 0.717) is 35.8 Å². The van der Waals surface area contributed by atoms with E-state index in [9.17, 15) is 9.59 Å². The molecular weight excluding hydrogens is 458 g/mol. The number of carbonyl (C=O) groups excluding carboxylic acids is 2. The van der Waals surface area contributed by atoms with Crippen LogP contribution in [0.2, 0.25) is 0 Å². The molecule has 8 nitrogen and oxygen atoms in total. The van der Waals surface area contributed by atoms with Gasteiger partial charge in [0.25, 0.3) is 5.91 Å². The highest BCUT2D eigenvalue weighted by Crippen LogP contribution is 2.38. The lowest BCUT2D eigenvalue weighted by Crippen LogP contribution is -2.46. The quantitative estimate of drug-likeness (QED) is 0.507. The Bertz CT molecular complexity index is 1260. The van der Waals surface area contributed by atoms with Crippen molar-refractivity contribution in [2.45, 2.75) is 19.4 Å². The highest BCUT2D eigenvalue weighted by atomic mass is 16.5. The van der Waals surface area contributed by atoms with Crippen molar-refractivity contribution in [1.82, 2.24) is 10.2 Å². The van der Waals surface area contributed by atoms with Crippen LogP contribution in [0.1, 0.15) is 33.1 Å². The van der Waals surface area contributed by atoms with Gasteiger partial charge in [0.05, 0.1) is 27.4 Å². The number of urea groups is 1. The number of ether oxygens (including phenoxy) is 3. The molecule has 1 heterocycles. The third-order valence-electron chi connectivity index (χ3n) is 6.32. The molecule has 0 bridgehead atoms. The predicted molar refractivity (Wildman–Crippen MR) is 138 cm³/mol. The zero-order valence-corrected chi connectivity index (χ0v) is 21.0. The van der Waals surface area contributed by atoms with Crippen LogP contribution in [0.15, 0.2) is 60.7 Å². The van der Waals surface area contributed by atoms with E-state index in [-0.39, 0.29) is 18.5 Å². The van der Waals surface area contributed by atoms with Crippen LogP contribution >= 0.6 is 0 Å². The van der Waals surface area contributed by atoms with Crippen LogP contribution in [0.5, 0.6) is 17.2 Å². The maximum atomic E-state index is 13.4.